The molecular weight excluding hydrogens is 382 g/mol. The number of benzene rings is 2. The third kappa shape index (κ3) is 3.89. The zero-order valence-corrected chi connectivity index (χ0v) is 16.4. The molecule has 0 unspecified atom stereocenters. The van der Waals surface area contributed by atoms with Gasteiger partial charge < -0.3 is 9.64 Å². The number of nitrogens with one attached hydrogen (secondary N) is 1. The lowest BCUT2D eigenvalue weighted by atomic mass is 10.2. The van der Waals surface area contributed by atoms with E-state index < -0.39 is 5.91 Å². The maximum atomic E-state index is 11.3. The molecule has 0 radical (unpaired) electrons. The van der Waals surface area contributed by atoms with Gasteiger partial charge >= 0.3 is 0 Å². The number of anilines is 2. The van der Waals surface area contributed by atoms with Crippen LogP contribution in [0, 0.1) is 6.92 Å². The number of pyridine rings is 1. The van der Waals surface area contributed by atoms with Crippen molar-refractivity contribution >= 4 is 28.3 Å². The summed E-state index contributed by atoms with van der Waals surface area (Å²) in [5.41, 5.74) is 3.47. The van der Waals surface area contributed by atoms with E-state index in [1.165, 1.54) is 17.7 Å². The molecule has 8 heteroatoms. The monoisotopic (exact) mass is 401 g/mol. The molecule has 8 nitrogen and oxygen atoms in total. The Bertz CT molecular complexity index is 1190. The summed E-state index contributed by atoms with van der Waals surface area (Å²) in [7, 11) is 1.96. The summed E-state index contributed by atoms with van der Waals surface area (Å²) in [5, 5.41) is 9.61. The Hall–Kier alpha value is -4.04. The van der Waals surface area contributed by atoms with Gasteiger partial charge in [-0.15, -0.1) is 0 Å². The van der Waals surface area contributed by atoms with Crippen LogP contribution in [-0.2, 0) is 0 Å². The van der Waals surface area contributed by atoms with Crippen LogP contribution >= 0.6 is 0 Å². The van der Waals surface area contributed by atoms with Crippen LogP contribution in [0.3, 0.4) is 0 Å². The molecule has 2 N–H and O–H groups in total. The lowest BCUT2D eigenvalue weighted by Crippen LogP contribution is -2.19. The normalized spacial score (nSPS) is 10.6. The summed E-state index contributed by atoms with van der Waals surface area (Å²) in [5.74, 6) is 1.96. The molecule has 1 amide bonds. The largest absolute Gasteiger partial charge is 0.456 e. The Labute approximate surface area is 172 Å². The third-order valence-corrected chi connectivity index (χ3v) is 4.54. The zero-order chi connectivity index (χ0) is 21.1. The van der Waals surface area contributed by atoms with Crippen molar-refractivity contribution in [2.75, 3.05) is 11.9 Å². The second kappa shape index (κ2) is 8.14. The molecule has 4 aromatic rings. The van der Waals surface area contributed by atoms with Gasteiger partial charge in [0.25, 0.3) is 5.91 Å². The van der Waals surface area contributed by atoms with Crippen molar-refractivity contribution in [1.29, 1.82) is 0 Å². The van der Waals surface area contributed by atoms with Gasteiger partial charge in [-0.3, -0.25) is 10.0 Å². The maximum Gasteiger partial charge on any atom is 0.293 e. The van der Waals surface area contributed by atoms with Gasteiger partial charge in [-0.25, -0.2) is 20.4 Å². The first-order chi connectivity index (χ1) is 14.5. The van der Waals surface area contributed by atoms with E-state index in [4.69, 9.17) is 9.94 Å². The number of nitrogens with zero attached hydrogens (tertiary/aromatic N) is 4. The number of aromatic nitrogens is 3. The Kier molecular flexibility index (Phi) is 5.23. The molecule has 2 aromatic heterocycles. The lowest BCUT2D eigenvalue weighted by Gasteiger charge is -2.20. The molecule has 0 bridgehead atoms. The van der Waals surface area contributed by atoms with Crippen LogP contribution in [0.25, 0.3) is 10.9 Å². The quantitative estimate of drug-likeness (QED) is 0.385. The number of para-hydroxylation sites is 1. The van der Waals surface area contributed by atoms with Crippen molar-refractivity contribution in [1.82, 2.24) is 20.4 Å². The molecule has 0 atom stereocenters. The fraction of sp³-hybridized carbons (Fsp3) is 0.0909. The number of amides is 1. The van der Waals surface area contributed by atoms with Gasteiger partial charge in [0.1, 0.15) is 28.8 Å². The Balaban J connectivity index is 1.54. The first-order valence-electron chi connectivity index (χ1n) is 9.20. The van der Waals surface area contributed by atoms with E-state index in [1.54, 1.807) is 6.07 Å². The molecule has 2 heterocycles. The summed E-state index contributed by atoms with van der Waals surface area (Å²) < 4.78 is 5.78. The minimum atomic E-state index is -0.679. The van der Waals surface area contributed by atoms with Gasteiger partial charge in [0.05, 0.1) is 11.7 Å². The molecule has 0 saturated heterocycles. The van der Waals surface area contributed by atoms with Gasteiger partial charge in [-0.1, -0.05) is 12.1 Å². The minimum Gasteiger partial charge on any atom is -0.456 e. The molecule has 4 rings (SSSR count). The van der Waals surface area contributed by atoms with Crippen molar-refractivity contribution in [3.05, 3.63) is 78.4 Å². The van der Waals surface area contributed by atoms with Crippen molar-refractivity contribution in [2.24, 2.45) is 0 Å². The molecule has 150 valence electrons. The van der Waals surface area contributed by atoms with E-state index >= 15 is 0 Å². The summed E-state index contributed by atoms with van der Waals surface area (Å²) in [6.07, 6.45) is 1.42. The summed E-state index contributed by atoms with van der Waals surface area (Å²) in [6.45, 7) is 1.88. The average Bonchev–Trinajstić information content (AvgIpc) is 2.78. The summed E-state index contributed by atoms with van der Waals surface area (Å²) in [6, 6.07) is 18.5. The number of carbonyl (C=O) groups is 1. The number of hydroxylamine groups is 1. The minimum absolute atomic E-state index is 0.0918. The van der Waals surface area contributed by atoms with E-state index in [0.717, 1.165) is 22.4 Å². The van der Waals surface area contributed by atoms with E-state index in [1.807, 2.05) is 67.4 Å². The smallest absolute Gasteiger partial charge is 0.293 e. The van der Waals surface area contributed by atoms with E-state index in [0.29, 0.717) is 17.3 Å². The van der Waals surface area contributed by atoms with Gasteiger partial charge in [0, 0.05) is 18.1 Å². The Morgan fingerprint density at radius 2 is 1.73 bits per heavy atom. The van der Waals surface area contributed by atoms with Crippen LogP contribution in [0.5, 0.6) is 11.5 Å². The van der Waals surface area contributed by atoms with Crippen LogP contribution in [-0.4, -0.2) is 33.1 Å². The second-order valence-electron chi connectivity index (χ2n) is 6.59. The van der Waals surface area contributed by atoms with Crippen LogP contribution in [0.2, 0.25) is 0 Å². The summed E-state index contributed by atoms with van der Waals surface area (Å²) in [4.78, 5) is 26.4. The summed E-state index contributed by atoms with van der Waals surface area (Å²) >= 11 is 0. The van der Waals surface area contributed by atoms with E-state index in [2.05, 4.69) is 15.0 Å². The number of fused-ring (bicyclic) bond motifs is 1. The second-order valence-corrected chi connectivity index (χ2v) is 6.59. The molecule has 0 saturated carbocycles. The average molecular weight is 401 g/mol. The Morgan fingerprint density at radius 3 is 2.43 bits per heavy atom. The highest BCUT2D eigenvalue weighted by atomic mass is 16.5. The molecule has 0 aliphatic heterocycles. The third-order valence-electron chi connectivity index (χ3n) is 4.54. The van der Waals surface area contributed by atoms with Gasteiger partial charge in [-0.2, -0.15) is 0 Å². The maximum absolute atomic E-state index is 11.3. The van der Waals surface area contributed by atoms with Crippen molar-refractivity contribution in [3.8, 4) is 11.5 Å². The molecule has 0 fully saturated rings. The number of hydrogen-bond donors (Lipinski definition) is 2. The molecular formula is C22H19N5O3. The van der Waals surface area contributed by atoms with Crippen LogP contribution in [0.1, 0.15) is 16.3 Å². The highest BCUT2D eigenvalue weighted by molar-refractivity contribution is 5.92. The Morgan fingerprint density at radius 1 is 1.00 bits per heavy atom. The first-order valence-corrected chi connectivity index (χ1v) is 9.20. The first kappa shape index (κ1) is 19.3. The molecule has 30 heavy (non-hydrogen) atoms. The number of hydrogen-bond acceptors (Lipinski definition) is 7. The molecule has 2 aromatic carbocycles. The van der Waals surface area contributed by atoms with E-state index in [-0.39, 0.29) is 5.69 Å². The fourth-order valence-electron chi connectivity index (χ4n) is 3.06. The number of ether oxygens (including phenoxy) is 1. The van der Waals surface area contributed by atoms with Crippen LogP contribution in [0.4, 0.5) is 11.5 Å². The van der Waals surface area contributed by atoms with Crippen molar-refractivity contribution < 1.29 is 14.7 Å². The molecule has 0 spiro atoms. The van der Waals surface area contributed by atoms with Crippen molar-refractivity contribution in [3.63, 3.8) is 0 Å². The molecule has 0 aliphatic rings. The topological polar surface area (TPSA) is 100 Å². The van der Waals surface area contributed by atoms with Crippen LogP contribution in [0.15, 0.2) is 66.9 Å². The number of rotatable bonds is 5. The van der Waals surface area contributed by atoms with E-state index in [9.17, 15) is 4.79 Å². The zero-order valence-electron chi connectivity index (χ0n) is 16.4. The van der Waals surface area contributed by atoms with Gasteiger partial charge in [0.15, 0.2) is 0 Å². The van der Waals surface area contributed by atoms with Gasteiger partial charge in [0.2, 0.25) is 0 Å². The van der Waals surface area contributed by atoms with Crippen LogP contribution < -0.4 is 15.1 Å². The number of aryl methyl sites for hydroxylation is 1. The van der Waals surface area contributed by atoms with Crippen molar-refractivity contribution in [2.45, 2.75) is 6.92 Å². The standard InChI is InChI=1S/C22H19N5O3/c1-14-24-19-6-4-3-5-18(19)21(25-14)27(2)15-7-9-16(10-8-15)30-17-11-12-20(23-13-17)22(28)26-29/h3-13,29H,1-2H3,(H,26,28). The highest BCUT2D eigenvalue weighted by Crippen LogP contribution is 2.30. The highest BCUT2D eigenvalue weighted by Gasteiger charge is 2.12. The fourth-order valence-corrected chi connectivity index (χ4v) is 3.06. The number of carbonyl (C=O) groups excluding carboxylic acids is 1. The predicted octanol–water partition coefficient (Wildman–Crippen LogP) is 4.01. The lowest BCUT2D eigenvalue weighted by molar-refractivity contribution is 0.0700. The molecule has 0 aliphatic carbocycles. The SMILES string of the molecule is Cc1nc(N(C)c2ccc(Oc3ccc(C(=O)NO)nc3)cc2)c2ccccc2n1. The predicted molar refractivity (Wildman–Crippen MR) is 112 cm³/mol. The van der Waals surface area contributed by atoms with Gasteiger partial charge in [-0.05, 0) is 55.5 Å².